The molecule has 2 saturated heterocycles. The van der Waals surface area contributed by atoms with E-state index in [0.717, 1.165) is 57.9 Å². The van der Waals surface area contributed by atoms with Crippen molar-refractivity contribution in [3.63, 3.8) is 0 Å². The molecule has 138 valence electrons. The van der Waals surface area contributed by atoms with E-state index in [1.807, 2.05) is 0 Å². The van der Waals surface area contributed by atoms with Crippen molar-refractivity contribution in [1.82, 2.24) is 14.1 Å². The lowest BCUT2D eigenvalue weighted by atomic mass is 9.78. The Morgan fingerprint density at radius 2 is 1.96 bits per heavy atom. The Hall–Kier alpha value is -0.660. The molecule has 7 heteroatoms. The second-order valence-electron chi connectivity index (χ2n) is 8.06. The van der Waals surface area contributed by atoms with Gasteiger partial charge in [0.2, 0.25) is 15.9 Å². The molecular formula is C17H31N3O3S. The van der Waals surface area contributed by atoms with E-state index in [4.69, 9.17) is 0 Å². The number of piperidine rings is 1. The Morgan fingerprint density at radius 1 is 1.21 bits per heavy atom. The quantitative estimate of drug-likeness (QED) is 0.682. The Bertz CT molecular complexity index is 574. The average Bonchev–Trinajstić information content (AvgIpc) is 3.24. The molecule has 1 spiro atoms. The molecule has 0 bridgehead atoms. The lowest BCUT2D eigenvalue weighted by molar-refractivity contribution is -0.145. The predicted molar refractivity (Wildman–Crippen MR) is 94.1 cm³/mol. The summed E-state index contributed by atoms with van der Waals surface area (Å²) in [6.45, 7) is 4.39. The van der Waals surface area contributed by atoms with E-state index in [-0.39, 0.29) is 11.2 Å². The summed E-state index contributed by atoms with van der Waals surface area (Å²) >= 11 is 0. The number of amides is 1. The van der Waals surface area contributed by atoms with Gasteiger partial charge >= 0.3 is 0 Å². The summed E-state index contributed by atoms with van der Waals surface area (Å²) in [5.41, 5.74) is -0.187. The van der Waals surface area contributed by atoms with E-state index in [2.05, 4.69) is 9.80 Å². The van der Waals surface area contributed by atoms with Gasteiger partial charge in [0.15, 0.2) is 0 Å². The standard InChI is InChI=1S/C17H31N3O3S/c1-18(2)24(22,23)12-4-9-19-11-8-17(14-19)7-3-10-20(16(17)21)13-15-5-6-15/h15H,3-14H2,1-2H3/t17-/m0/s1. The average molecular weight is 358 g/mol. The summed E-state index contributed by atoms with van der Waals surface area (Å²) in [5, 5.41) is 0. The summed E-state index contributed by atoms with van der Waals surface area (Å²) in [4.78, 5) is 17.4. The van der Waals surface area contributed by atoms with Crippen molar-refractivity contribution < 1.29 is 13.2 Å². The third kappa shape index (κ3) is 3.94. The number of carbonyl (C=O) groups excluding carboxylic acids is 1. The number of hydrogen-bond donors (Lipinski definition) is 0. The molecule has 0 N–H and O–H groups in total. The van der Waals surface area contributed by atoms with Crippen molar-refractivity contribution in [2.45, 2.75) is 38.5 Å². The number of hydrogen-bond acceptors (Lipinski definition) is 4. The molecule has 0 aromatic heterocycles. The van der Waals surface area contributed by atoms with Crippen LogP contribution in [0.4, 0.5) is 0 Å². The van der Waals surface area contributed by atoms with Gasteiger partial charge in [-0.3, -0.25) is 4.79 Å². The Kier molecular flexibility index (Phi) is 5.23. The molecule has 1 saturated carbocycles. The fourth-order valence-corrected chi connectivity index (χ4v) is 4.98. The molecule has 1 amide bonds. The molecule has 6 nitrogen and oxygen atoms in total. The fourth-order valence-electron chi connectivity index (χ4n) is 4.12. The smallest absolute Gasteiger partial charge is 0.230 e. The van der Waals surface area contributed by atoms with Crippen molar-refractivity contribution in [1.29, 1.82) is 0 Å². The third-order valence-electron chi connectivity index (χ3n) is 5.87. The minimum atomic E-state index is -3.12. The van der Waals surface area contributed by atoms with E-state index in [1.165, 1.54) is 17.1 Å². The molecule has 3 fully saturated rings. The lowest BCUT2D eigenvalue weighted by Gasteiger charge is -2.39. The second kappa shape index (κ2) is 6.92. The van der Waals surface area contributed by atoms with Crippen LogP contribution in [0.3, 0.4) is 0 Å². The van der Waals surface area contributed by atoms with Gasteiger partial charge in [0.05, 0.1) is 11.2 Å². The van der Waals surface area contributed by atoms with E-state index < -0.39 is 10.0 Å². The van der Waals surface area contributed by atoms with Gasteiger partial charge in [0, 0.05) is 33.7 Å². The number of likely N-dealkylation sites (tertiary alicyclic amines) is 2. The Labute approximate surface area is 146 Å². The summed E-state index contributed by atoms with van der Waals surface area (Å²) in [5.74, 6) is 1.30. The molecule has 1 atom stereocenters. The van der Waals surface area contributed by atoms with Crippen molar-refractivity contribution in [3.05, 3.63) is 0 Å². The maximum atomic E-state index is 13.0. The van der Waals surface area contributed by atoms with Gasteiger partial charge in [-0.25, -0.2) is 12.7 Å². The molecule has 2 aliphatic heterocycles. The highest BCUT2D eigenvalue weighted by Crippen LogP contribution is 2.41. The molecule has 0 radical (unpaired) electrons. The van der Waals surface area contributed by atoms with E-state index in [0.29, 0.717) is 12.3 Å². The van der Waals surface area contributed by atoms with Gasteiger partial charge in [-0.15, -0.1) is 0 Å². The summed E-state index contributed by atoms with van der Waals surface area (Å²) in [6.07, 6.45) is 6.25. The first-order valence-electron chi connectivity index (χ1n) is 9.24. The van der Waals surface area contributed by atoms with Crippen LogP contribution in [-0.2, 0) is 14.8 Å². The van der Waals surface area contributed by atoms with Crippen LogP contribution in [0.15, 0.2) is 0 Å². The van der Waals surface area contributed by atoms with Crippen molar-refractivity contribution in [2.24, 2.45) is 11.3 Å². The van der Waals surface area contributed by atoms with Crippen LogP contribution in [0.1, 0.15) is 38.5 Å². The molecule has 0 unspecified atom stereocenters. The zero-order chi connectivity index (χ0) is 17.4. The van der Waals surface area contributed by atoms with E-state index in [1.54, 1.807) is 14.1 Å². The molecule has 3 rings (SSSR count). The van der Waals surface area contributed by atoms with Gasteiger partial charge in [0.25, 0.3) is 0 Å². The summed E-state index contributed by atoms with van der Waals surface area (Å²) in [6, 6.07) is 0. The van der Waals surface area contributed by atoms with E-state index >= 15 is 0 Å². The number of sulfonamides is 1. The first-order chi connectivity index (χ1) is 11.3. The monoisotopic (exact) mass is 357 g/mol. The zero-order valence-corrected chi connectivity index (χ0v) is 15.9. The topological polar surface area (TPSA) is 60.9 Å². The molecule has 0 aromatic rings. The SMILES string of the molecule is CN(C)S(=O)(=O)CCCN1CC[C@@]2(CCCN(CC3CC3)C2=O)C1. The van der Waals surface area contributed by atoms with Gasteiger partial charge in [-0.05, 0) is 57.5 Å². The highest BCUT2D eigenvalue weighted by atomic mass is 32.2. The van der Waals surface area contributed by atoms with Crippen molar-refractivity contribution in [2.75, 3.05) is 52.6 Å². The Morgan fingerprint density at radius 3 is 2.62 bits per heavy atom. The summed E-state index contributed by atoms with van der Waals surface area (Å²) < 4.78 is 25.0. The number of rotatable bonds is 7. The normalized spacial score (nSPS) is 29.1. The molecular weight excluding hydrogens is 326 g/mol. The van der Waals surface area contributed by atoms with Crippen molar-refractivity contribution >= 4 is 15.9 Å². The highest BCUT2D eigenvalue weighted by Gasteiger charge is 2.48. The van der Waals surface area contributed by atoms with Gasteiger partial charge in [-0.1, -0.05) is 0 Å². The first-order valence-corrected chi connectivity index (χ1v) is 10.9. The number of nitrogens with zero attached hydrogens (tertiary/aromatic N) is 3. The fraction of sp³-hybridized carbons (Fsp3) is 0.941. The summed E-state index contributed by atoms with van der Waals surface area (Å²) in [7, 11) is 0.0395. The second-order valence-corrected chi connectivity index (χ2v) is 10.4. The molecule has 0 aromatic carbocycles. The van der Waals surface area contributed by atoms with E-state index in [9.17, 15) is 13.2 Å². The van der Waals surface area contributed by atoms with Crippen LogP contribution in [0.5, 0.6) is 0 Å². The minimum Gasteiger partial charge on any atom is -0.342 e. The lowest BCUT2D eigenvalue weighted by Crippen LogP contribution is -2.50. The number of carbonyl (C=O) groups is 1. The van der Waals surface area contributed by atoms with Crippen LogP contribution in [-0.4, -0.2) is 81.0 Å². The van der Waals surface area contributed by atoms with Crippen LogP contribution in [0.25, 0.3) is 0 Å². The molecule has 2 heterocycles. The maximum absolute atomic E-state index is 13.0. The van der Waals surface area contributed by atoms with Gasteiger partial charge < -0.3 is 9.80 Å². The van der Waals surface area contributed by atoms with Crippen LogP contribution < -0.4 is 0 Å². The molecule has 3 aliphatic rings. The minimum absolute atomic E-state index is 0.186. The first kappa shape index (κ1) is 18.1. The van der Waals surface area contributed by atoms with Crippen LogP contribution >= 0.6 is 0 Å². The van der Waals surface area contributed by atoms with Crippen molar-refractivity contribution in [3.8, 4) is 0 Å². The van der Waals surface area contributed by atoms with Crippen LogP contribution in [0, 0.1) is 11.3 Å². The third-order valence-corrected chi connectivity index (χ3v) is 7.78. The maximum Gasteiger partial charge on any atom is 0.230 e. The van der Waals surface area contributed by atoms with Crippen LogP contribution in [0.2, 0.25) is 0 Å². The predicted octanol–water partition coefficient (Wildman–Crippen LogP) is 0.992. The Balaban J connectivity index is 1.51. The molecule has 24 heavy (non-hydrogen) atoms. The van der Waals surface area contributed by atoms with Gasteiger partial charge in [0.1, 0.15) is 0 Å². The zero-order valence-electron chi connectivity index (χ0n) is 15.0. The molecule has 1 aliphatic carbocycles. The highest BCUT2D eigenvalue weighted by molar-refractivity contribution is 7.89. The van der Waals surface area contributed by atoms with Gasteiger partial charge in [-0.2, -0.15) is 0 Å². The largest absolute Gasteiger partial charge is 0.342 e.